The van der Waals surface area contributed by atoms with Crippen LogP contribution < -0.4 is 10.1 Å². The third kappa shape index (κ3) is 3.42. The Labute approximate surface area is 145 Å². The molecule has 120 valence electrons. The average Bonchev–Trinajstić information content (AvgIpc) is 2.97. The van der Waals surface area contributed by atoms with E-state index < -0.39 is 0 Å². The second-order valence-corrected chi connectivity index (χ2v) is 7.43. The Hall–Kier alpha value is -1.81. The average molecular weight is 374 g/mol. The fraction of sp³-hybridized carbons (Fsp3) is 0.316. The lowest BCUT2D eigenvalue weighted by molar-refractivity contribution is -0.123. The summed E-state index contributed by atoms with van der Waals surface area (Å²) in [6, 6.07) is 16.0. The Bertz CT molecular complexity index is 710. The van der Waals surface area contributed by atoms with E-state index in [1.165, 1.54) is 5.56 Å². The number of benzene rings is 2. The summed E-state index contributed by atoms with van der Waals surface area (Å²) in [5.41, 5.74) is 2.05. The molecule has 1 heterocycles. The van der Waals surface area contributed by atoms with Crippen molar-refractivity contribution in [3.63, 3.8) is 0 Å². The zero-order chi connectivity index (χ0) is 16.4. The number of halogens is 1. The Kier molecular flexibility index (Phi) is 4.44. The van der Waals surface area contributed by atoms with Crippen molar-refractivity contribution in [3.8, 4) is 5.75 Å². The zero-order valence-corrected chi connectivity index (χ0v) is 14.9. The molecule has 1 aliphatic heterocycles. The van der Waals surface area contributed by atoms with Gasteiger partial charge in [0.1, 0.15) is 18.3 Å². The second-order valence-electron chi connectivity index (χ2n) is 6.51. The SMILES string of the molecule is CC(C)(CNC(=O)C1COc2ccccc21)c1ccc(Br)cc1. The van der Waals surface area contributed by atoms with Gasteiger partial charge in [-0.3, -0.25) is 4.79 Å². The lowest BCUT2D eigenvalue weighted by atomic mass is 9.84. The topological polar surface area (TPSA) is 38.3 Å². The third-order valence-corrected chi connectivity index (χ3v) is 4.88. The van der Waals surface area contributed by atoms with Crippen LogP contribution in [0.3, 0.4) is 0 Å². The Morgan fingerprint density at radius 2 is 1.91 bits per heavy atom. The first-order chi connectivity index (χ1) is 11.0. The second kappa shape index (κ2) is 6.36. The van der Waals surface area contributed by atoms with Crippen molar-refractivity contribution in [2.75, 3.05) is 13.2 Å². The molecule has 0 bridgehead atoms. The van der Waals surface area contributed by atoms with Gasteiger partial charge in [-0.1, -0.05) is 60.1 Å². The molecular weight excluding hydrogens is 354 g/mol. The van der Waals surface area contributed by atoms with Gasteiger partial charge in [-0.2, -0.15) is 0 Å². The molecule has 3 rings (SSSR count). The first-order valence-electron chi connectivity index (χ1n) is 7.73. The van der Waals surface area contributed by atoms with Crippen LogP contribution in [0.1, 0.15) is 30.9 Å². The quantitative estimate of drug-likeness (QED) is 0.878. The van der Waals surface area contributed by atoms with Gasteiger partial charge in [0, 0.05) is 22.0 Å². The molecule has 23 heavy (non-hydrogen) atoms. The lowest BCUT2D eigenvalue weighted by Gasteiger charge is -2.26. The monoisotopic (exact) mass is 373 g/mol. The van der Waals surface area contributed by atoms with Gasteiger partial charge in [0.05, 0.1) is 0 Å². The summed E-state index contributed by atoms with van der Waals surface area (Å²) in [5.74, 6) is 0.631. The number of amides is 1. The molecule has 1 atom stereocenters. The maximum atomic E-state index is 12.5. The summed E-state index contributed by atoms with van der Waals surface area (Å²) < 4.78 is 6.65. The van der Waals surface area contributed by atoms with E-state index in [1.54, 1.807) is 0 Å². The van der Waals surface area contributed by atoms with E-state index in [0.29, 0.717) is 13.2 Å². The molecule has 1 amide bonds. The number of carbonyl (C=O) groups excluding carboxylic acids is 1. The molecule has 3 nitrogen and oxygen atoms in total. The molecule has 1 unspecified atom stereocenters. The van der Waals surface area contributed by atoms with Crippen LogP contribution in [0.25, 0.3) is 0 Å². The highest BCUT2D eigenvalue weighted by Gasteiger charge is 2.31. The van der Waals surface area contributed by atoms with Gasteiger partial charge in [-0.15, -0.1) is 0 Å². The molecule has 1 aliphatic rings. The Morgan fingerprint density at radius 3 is 2.65 bits per heavy atom. The van der Waals surface area contributed by atoms with Gasteiger partial charge < -0.3 is 10.1 Å². The highest BCUT2D eigenvalue weighted by Crippen LogP contribution is 2.33. The molecule has 0 fully saturated rings. The number of ether oxygens (including phenoxy) is 1. The van der Waals surface area contributed by atoms with E-state index >= 15 is 0 Å². The summed E-state index contributed by atoms with van der Waals surface area (Å²) >= 11 is 3.45. The Morgan fingerprint density at radius 1 is 1.22 bits per heavy atom. The van der Waals surface area contributed by atoms with E-state index in [1.807, 2.05) is 36.4 Å². The molecule has 2 aromatic rings. The highest BCUT2D eigenvalue weighted by molar-refractivity contribution is 9.10. The normalized spacial score (nSPS) is 16.6. The van der Waals surface area contributed by atoms with Crippen molar-refractivity contribution in [2.45, 2.75) is 25.2 Å². The van der Waals surface area contributed by atoms with E-state index in [-0.39, 0.29) is 17.2 Å². The predicted octanol–water partition coefficient (Wildman–Crippen LogP) is 4.02. The van der Waals surface area contributed by atoms with Crippen molar-refractivity contribution in [3.05, 3.63) is 64.1 Å². The van der Waals surface area contributed by atoms with Crippen molar-refractivity contribution in [2.24, 2.45) is 0 Å². The first kappa shape index (κ1) is 16.1. The Balaban J connectivity index is 1.66. The molecule has 0 saturated carbocycles. The molecule has 0 saturated heterocycles. The zero-order valence-electron chi connectivity index (χ0n) is 13.3. The minimum Gasteiger partial charge on any atom is -0.492 e. The number of fused-ring (bicyclic) bond motifs is 1. The van der Waals surface area contributed by atoms with E-state index in [9.17, 15) is 4.79 Å². The molecule has 0 spiro atoms. The van der Waals surface area contributed by atoms with Crippen molar-refractivity contribution >= 4 is 21.8 Å². The lowest BCUT2D eigenvalue weighted by Crippen LogP contribution is -2.39. The summed E-state index contributed by atoms with van der Waals surface area (Å²) in [4.78, 5) is 12.5. The number of nitrogens with one attached hydrogen (secondary N) is 1. The van der Waals surface area contributed by atoms with Gasteiger partial charge in [-0.25, -0.2) is 0 Å². The van der Waals surface area contributed by atoms with Crippen molar-refractivity contribution in [1.82, 2.24) is 5.32 Å². The summed E-state index contributed by atoms with van der Waals surface area (Å²) in [5, 5.41) is 3.09. The standard InChI is InChI=1S/C19H20BrNO2/c1-19(2,13-7-9-14(20)10-8-13)12-21-18(22)16-11-23-17-6-4-3-5-15(16)17/h3-10,16H,11-12H2,1-2H3,(H,21,22). The molecule has 1 N–H and O–H groups in total. The van der Waals surface area contributed by atoms with Crippen LogP contribution in [0.15, 0.2) is 53.0 Å². The maximum Gasteiger partial charge on any atom is 0.231 e. The molecule has 0 aromatic heterocycles. The largest absolute Gasteiger partial charge is 0.492 e. The number of carbonyl (C=O) groups is 1. The van der Waals surface area contributed by atoms with E-state index in [0.717, 1.165) is 15.8 Å². The van der Waals surface area contributed by atoms with Gasteiger partial charge in [-0.05, 0) is 23.8 Å². The number of rotatable bonds is 4. The van der Waals surface area contributed by atoms with Crippen molar-refractivity contribution < 1.29 is 9.53 Å². The number of hydrogen-bond acceptors (Lipinski definition) is 2. The maximum absolute atomic E-state index is 12.5. The van der Waals surface area contributed by atoms with Crippen LogP contribution in [0.5, 0.6) is 5.75 Å². The van der Waals surface area contributed by atoms with Gasteiger partial charge in [0.15, 0.2) is 0 Å². The highest BCUT2D eigenvalue weighted by atomic mass is 79.9. The van der Waals surface area contributed by atoms with Crippen LogP contribution >= 0.6 is 15.9 Å². The smallest absolute Gasteiger partial charge is 0.231 e. The van der Waals surface area contributed by atoms with Crippen molar-refractivity contribution in [1.29, 1.82) is 0 Å². The molecule has 0 aliphatic carbocycles. The van der Waals surface area contributed by atoms with E-state index in [2.05, 4.69) is 47.2 Å². The van der Waals surface area contributed by atoms with E-state index in [4.69, 9.17) is 4.74 Å². The fourth-order valence-corrected chi connectivity index (χ4v) is 3.08. The molecule has 4 heteroatoms. The number of hydrogen-bond donors (Lipinski definition) is 1. The van der Waals surface area contributed by atoms with Crippen LogP contribution in [0.4, 0.5) is 0 Å². The minimum atomic E-state index is -0.216. The molecular formula is C19H20BrNO2. The minimum absolute atomic E-state index is 0.0279. The molecule has 2 aromatic carbocycles. The van der Waals surface area contributed by atoms with Gasteiger partial charge in [0.2, 0.25) is 5.91 Å². The van der Waals surface area contributed by atoms with Crippen LogP contribution in [-0.4, -0.2) is 19.1 Å². The summed E-state index contributed by atoms with van der Waals surface area (Å²) in [6.45, 7) is 5.28. The predicted molar refractivity (Wildman–Crippen MR) is 94.9 cm³/mol. The van der Waals surface area contributed by atoms with Gasteiger partial charge in [0.25, 0.3) is 0 Å². The first-order valence-corrected chi connectivity index (χ1v) is 8.52. The number of para-hydroxylation sites is 1. The third-order valence-electron chi connectivity index (χ3n) is 4.35. The van der Waals surface area contributed by atoms with Gasteiger partial charge >= 0.3 is 0 Å². The molecule has 0 radical (unpaired) electrons. The van der Waals surface area contributed by atoms with Crippen LogP contribution in [0, 0.1) is 0 Å². The van der Waals surface area contributed by atoms with Crippen LogP contribution in [-0.2, 0) is 10.2 Å². The van der Waals surface area contributed by atoms with Crippen LogP contribution in [0.2, 0.25) is 0 Å². The fourth-order valence-electron chi connectivity index (χ4n) is 2.81. The summed E-state index contributed by atoms with van der Waals surface area (Å²) in [7, 11) is 0. The summed E-state index contributed by atoms with van der Waals surface area (Å²) in [6.07, 6.45) is 0.